The van der Waals surface area contributed by atoms with Gasteiger partial charge in [0.2, 0.25) is 0 Å². The summed E-state index contributed by atoms with van der Waals surface area (Å²) in [4.78, 5) is 1.49. The number of rotatable bonds is 6. The fourth-order valence-corrected chi connectivity index (χ4v) is 2.49. The fraction of sp³-hybridized carbons (Fsp3) is 1.00. The summed E-state index contributed by atoms with van der Waals surface area (Å²) in [5.74, 6) is 0.137. The van der Waals surface area contributed by atoms with Crippen LogP contribution in [0, 0.1) is 5.92 Å². The zero-order valence-electron chi connectivity index (χ0n) is 11.1. The Hall–Kier alpha value is -0.330. The molecule has 18 heavy (non-hydrogen) atoms. The van der Waals surface area contributed by atoms with E-state index in [2.05, 4.69) is 5.32 Å². The maximum Gasteiger partial charge on any atom is 0.401 e. The van der Waals surface area contributed by atoms with E-state index in [1.165, 1.54) is 4.90 Å². The first kappa shape index (κ1) is 15.7. The Morgan fingerprint density at radius 2 is 2.11 bits per heavy atom. The molecule has 1 aliphatic rings. The molecule has 3 nitrogen and oxygen atoms in total. The molecule has 2 atom stereocenters. The molecule has 6 heteroatoms. The van der Waals surface area contributed by atoms with Gasteiger partial charge >= 0.3 is 6.18 Å². The summed E-state index contributed by atoms with van der Waals surface area (Å²) in [6.07, 6.45) is -2.53. The lowest BCUT2D eigenvalue weighted by atomic mass is 9.95. The molecular formula is C12H23F3N2O. The second-order valence-electron chi connectivity index (χ2n) is 4.87. The normalized spacial score (nSPS) is 25.7. The molecule has 1 heterocycles. The third-order valence-corrected chi connectivity index (χ3v) is 3.28. The van der Waals surface area contributed by atoms with E-state index in [0.717, 1.165) is 12.8 Å². The van der Waals surface area contributed by atoms with E-state index in [1.54, 1.807) is 0 Å². The fourth-order valence-electron chi connectivity index (χ4n) is 2.49. The van der Waals surface area contributed by atoms with Crippen molar-refractivity contribution in [2.24, 2.45) is 5.92 Å². The second-order valence-corrected chi connectivity index (χ2v) is 4.87. The molecule has 0 saturated carbocycles. The van der Waals surface area contributed by atoms with Crippen molar-refractivity contribution in [3.8, 4) is 0 Å². The molecular weight excluding hydrogens is 245 g/mol. The van der Waals surface area contributed by atoms with Gasteiger partial charge < -0.3 is 10.1 Å². The van der Waals surface area contributed by atoms with Crippen LogP contribution in [0.3, 0.4) is 0 Å². The number of alkyl halides is 3. The third-order valence-electron chi connectivity index (χ3n) is 3.28. The van der Waals surface area contributed by atoms with Crippen molar-refractivity contribution in [3.63, 3.8) is 0 Å². The van der Waals surface area contributed by atoms with Crippen LogP contribution in [-0.4, -0.2) is 57.0 Å². The minimum atomic E-state index is -4.13. The predicted molar refractivity (Wildman–Crippen MR) is 64.6 cm³/mol. The van der Waals surface area contributed by atoms with Gasteiger partial charge in [0, 0.05) is 25.1 Å². The van der Waals surface area contributed by atoms with Gasteiger partial charge in [0.25, 0.3) is 0 Å². The monoisotopic (exact) mass is 268 g/mol. The van der Waals surface area contributed by atoms with E-state index in [4.69, 9.17) is 4.74 Å². The van der Waals surface area contributed by atoms with Gasteiger partial charge in [-0.1, -0.05) is 6.92 Å². The van der Waals surface area contributed by atoms with Crippen molar-refractivity contribution in [2.75, 3.05) is 39.9 Å². The van der Waals surface area contributed by atoms with E-state index in [1.807, 2.05) is 14.0 Å². The van der Waals surface area contributed by atoms with E-state index in [0.29, 0.717) is 26.3 Å². The number of ether oxygens (including phenoxy) is 1. The Kier molecular flexibility index (Phi) is 6.38. The Morgan fingerprint density at radius 1 is 1.39 bits per heavy atom. The lowest BCUT2D eigenvalue weighted by Crippen LogP contribution is -2.48. The van der Waals surface area contributed by atoms with Crippen LogP contribution < -0.4 is 5.32 Å². The molecule has 108 valence electrons. The average Bonchev–Trinajstić information content (AvgIpc) is 2.28. The number of hydrogen-bond donors (Lipinski definition) is 1. The molecule has 0 aromatic heterocycles. The van der Waals surface area contributed by atoms with Gasteiger partial charge in [0.05, 0.1) is 13.2 Å². The summed E-state index contributed by atoms with van der Waals surface area (Å²) >= 11 is 0. The van der Waals surface area contributed by atoms with Crippen LogP contribution in [0.25, 0.3) is 0 Å². The van der Waals surface area contributed by atoms with Crippen LogP contribution in [0.2, 0.25) is 0 Å². The largest absolute Gasteiger partial charge is 0.401 e. The zero-order chi connectivity index (χ0) is 13.6. The molecule has 2 unspecified atom stereocenters. The van der Waals surface area contributed by atoms with Crippen LogP contribution >= 0.6 is 0 Å². The van der Waals surface area contributed by atoms with Gasteiger partial charge in [0.1, 0.15) is 0 Å². The number of nitrogens with zero attached hydrogens (tertiary/aromatic N) is 1. The van der Waals surface area contributed by atoms with Gasteiger partial charge in [-0.25, -0.2) is 0 Å². The van der Waals surface area contributed by atoms with Crippen molar-refractivity contribution in [3.05, 3.63) is 0 Å². The Labute approximate surface area is 107 Å². The standard InChI is InChI=1S/C12H23F3N2O/c1-3-5-17(9-12(13,14)15)7-10-8-18-6-4-11(10)16-2/h10-11,16H,3-9H2,1-2H3. The highest BCUT2D eigenvalue weighted by Crippen LogP contribution is 2.20. The molecule has 1 N–H and O–H groups in total. The van der Waals surface area contributed by atoms with Gasteiger partial charge in [-0.15, -0.1) is 0 Å². The summed E-state index contributed by atoms with van der Waals surface area (Å²) in [7, 11) is 1.86. The van der Waals surface area contributed by atoms with Crippen molar-refractivity contribution < 1.29 is 17.9 Å². The quantitative estimate of drug-likeness (QED) is 0.796. The SMILES string of the molecule is CCCN(CC1COCCC1NC)CC(F)(F)F. The predicted octanol–water partition coefficient (Wildman–Crippen LogP) is 1.89. The molecule has 1 rings (SSSR count). The van der Waals surface area contributed by atoms with E-state index in [9.17, 15) is 13.2 Å². The van der Waals surface area contributed by atoms with Gasteiger partial charge in [0.15, 0.2) is 0 Å². The highest BCUT2D eigenvalue weighted by atomic mass is 19.4. The Morgan fingerprint density at radius 3 is 2.67 bits per heavy atom. The van der Waals surface area contributed by atoms with Crippen LogP contribution in [0.15, 0.2) is 0 Å². The maximum absolute atomic E-state index is 12.5. The van der Waals surface area contributed by atoms with E-state index >= 15 is 0 Å². The molecule has 0 amide bonds. The first-order chi connectivity index (χ1) is 8.46. The minimum Gasteiger partial charge on any atom is -0.381 e. The zero-order valence-corrected chi connectivity index (χ0v) is 11.1. The van der Waals surface area contributed by atoms with Crippen LogP contribution in [0.5, 0.6) is 0 Å². The molecule has 1 saturated heterocycles. The van der Waals surface area contributed by atoms with Gasteiger partial charge in [-0.3, -0.25) is 4.90 Å². The van der Waals surface area contributed by atoms with Gasteiger partial charge in [-0.05, 0) is 26.4 Å². The maximum atomic E-state index is 12.5. The number of nitrogens with one attached hydrogen (secondary N) is 1. The molecule has 0 aromatic rings. The van der Waals surface area contributed by atoms with Crippen molar-refractivity contribution in [1.29, 1.82) is 0 Å². The van der Waals surface area contributed by atoms with Crippen molar-refractivity contribution in [1.82, 2.24) is 10.2 Å². The first-order valence-corrected chi connectivity index (χ1v) is 6.50. The highest BCUT2D eigenvalue weighted by Gasteiger charge is 2.33. The molecule has 0 radical (unpaired) electrons. The van der Waals surface area contributed by atoms with Crippen LogP contribution in [0.1, 0.15) is 19.8 Å². The Balaban J connectivity index is 2.52. The molecule has 0 aliphatic carbocycles. The van der Waals surface area contributed by atoms with E-state index in [-0.39, 0.29) is 12.0 Å². The molecule has 0 spiro atoms. The van der Waals surface area contributed by atoms with Crippen molar-refractivity contribution in [2.45, 2.75) is 32.0 Å². The third kappa shape index (κ3) is 5.54. The smallest absolute Gasteiger partial charge is 0.381 e. The summed E-state index contributed by atoms with van der Waals surface area (Å²) in [5.41, 5.74) is 0. The summed E-state index contributed by atoms with van der Waals surface area (Å²) in [5, 5.41) is 3.18. The summed E-state index contributed by atoms with van der Waals surface area (Å²) in [6, 6.07) is 0.256. The minimum absolute atomic E-state index is 0.137. The molecule has 1 fully saturated rings. The van der Waals surface area contributed by atoms with Crippen molar-refractivity contribution >= 4 is 0 Å². The van der Waals surface area contributed by atoms with Crippen LogP contribution in [0.4, 0.5) is 13.2 Å². The summed E-state index contributed by atoms with van der Waals surface area (Å²) < 4.78 is 42.8. The molecule has 0 bridgehead atoms. The van der Waals surface area contributed by atoms with Crippen LogP contribution in [-0.2, 0) is 4.74 Å². The first-order valence-electron chi connectivity index (χ1n) is 6.50. The van der Waals surface area contributed by atoms with E-state index < -0.39 is 12.7 Å². The lowest BCUT2D eigenvalue weighted by molar-refractivity contribution is -0.149. The number of halogens is 3. The molecule has 0 aromatic carbocycles. The topological polar surface area (TPSA) is 24.5 Å². The molecule has 1 aliphatic heterocycles. The highest BCUT2D eigenvalue weighted by molar-refractivity contribution is 4.81. The number of hydrogen-bond acceptors (Lipinski definition) is 3. The van der Waals surface area contributed by atoms with Gasteiger partial charge in [-0.2, -0.15) is 13.2 Å². The lowest BCUT2D eigenvalue weighted by Gasteiger charge is -2.35. The Bertz CT molecular complexity index is 236. The average molecular weight is 268 g/mol. The second kappa shape index (κ2) is 7.31. The summed E-state index contributed by atoms with van der Waals surface area (Å²) in [6.45, 7) is 3.23.